The zero-order chi connectivity index (χ0) is 31.1. The fourth-order valence-corrected chi connectivity index (χ4v) is 4.86. The minimum atomic E-state index is -0.0318. The van der Waals surface area contributed by atoms with Crippen molar-refractivity contribution in [1.82, 2.24) is 29.4 Å². The molecule has 43 heavy (non-hydrogen) atoms. The minimum Gasteiger partial charge on any atom is -0.491 e. The van der Waals surface area contributed by atoms with Crippen molar-refractivity contribution in [3.63, 3.8) is 0 Å². The molecule has 0 atom stereocenters. The van der Waals surface area contributed by atoms with E-state index in [1.165, 1.54) is 6.92 Å². The summed E-state index contributed by atoms with van der Waals surface area (Å²) in [5.41, 5.74) is 12.0. The second-order valence-electron chi connectivity index (χ2n) is 10.7. The molecule has 10 nitrogen and oxygen atoms in total. The van der Waals surface area contributed by atoms with Gasteiger partial charge in [0.05, 0.1) is 12.1 Å². The molecule has 3 N–H and O–H groups in total. The Kier molecular flexibility index (Phi) is 10.1. The molecule has 0 bridgehead atoms. The van der Waals surface area contributed by atoms with Crippen LogP contribution in [0.25, 0.3) is 27.9 Å². The van der Waals surface area contributed by atoms with Crippen molar-refractivity contribution >= 4 is 39.6 Å². The predicted molar refractivity (Wildman–Crippen MR) is 171 cm³/mol. The topological polar surface area (TPSA) is 130 Å². The van der Waals surface area contributed by atoms with Gasteiger partial charge in [0.2, 0.25) is 5.91 Å². The second-order valence-corrected chi connectivity index (χ2v) is 10.7. The maximum absolute atomic E-state index is 11.7. The van der Waals surface area contributed by atoms with Crippen LogP contribution in [0.2, 0.25) is 0 Å². The first kappa shape index (κ1) is 31.2. The molecule has 1 amide bonds. The number of carbonyl (C=O) groups excluding carboxylic acids is 2. The zero-order valence-corrected chi connectivity index (χ0v) is 25.6. The van der Waals surface area contributed by atoms with Gasteiger partial charge >= 0.3 is 0 Å². The van der Waals surface area contributed by atoms with E-state index < -0.39 is 0 Å². The van der Waals surface area contributed by atoms with Crippen molar-refractivity contribution in [1.29, 1.82) is 0 Å². The maximum atomic E-state index is 11.7. The molecule has 226 valence electrons. The number of amides is 1. The molecule has 0 aliphatic carbocycles. The van der Waals surface area contributed by atoms with Gasteiger partial charge in [-0.05, 0) is 58.2 Å². The Morgan fingerprint density at radius 2 is 1.67 bits per heavy atom. The van der Waals surface area contributed by atoms with Gasteiger partial charge in [-0.3, -0.25) is 9.59 Å². The number of benzene rings is 1. The molecular formula is C33H41N7O3. The molecule has 0 spiro atoms. The summed E-state index contributed by atoms with van der Waals surface area (Å²) >= 11 is 0. The first-order valence-corrected chi connectivity index (χ1v) is 14.6. The lowest BCUT2D eigenvalue weighted by Gasteiger charge is -2.13. The van der Waals surface area contributed by atoms with E-state index in [1.54, 1.807) is 12.3 Å². The molecule has 4 aromatic rings. The van der Waals surface area contributed by atoms with E-state index in [0.717, 1.165) is 58.7 Å². The third-order valence-electron chi connectivity index (χ3n) is 7.33. The quantitative estimate of drug-likeness (QED) is 0.109. The van der Waals surface area contributed by atoms with Gasteiger partial charge in [-0.15, -0.1) is 0 Å². The molecule has 10 heteroatoms. The van der Waals surface area contributed by atoms with Crippen molar-refractivity contribution in [2.24, 2.45) is 5.73 Å². The summed E-state index contributed by atoms with van der Waals surface area (Å²) < 4.78 is 10.4. The Bertz CT molecular complexity index is 1710. The lowest BCUT2D eigenvalue weighted by Crippen LogP contribution is -2.24. The van der Waals surface area contributed by atoms with Gasteiger partial charge in [-0.25, -0.2) is 15.0 Å². The van der Waals surface area contributed by atoms with E-state index in [9.17, 15) is 9.59 Å². The molecule has 3 aromatic heterocycles. The molecular weight excluding hydrogens is 542 g/mol. The zero-order valence-electron chi connectivity index (χ0n) is 25.6. The number of allylic oxidation sites excluding steroid dienone is 2. The molecule has 0 radical (unpaired) electrons. The Hall–Kier alpha value is -4.73. The predicted octanol–water partition coefficient (Wildman–Crippen LogP) is 5.42. The van der Waals surface area contributed by atoms with Crippen LogP contribution in [0, 0.1) is 13.8 Å². The highest BCUT2D eigenvalue weighted by molar-refractivity contribution is 5.96. The molecule has 0 aliphatic rings. The van der Waals surface area contributed by atoms with E-state index in [-0.39, 0.29) is 11.7 Å². The number of carbonyl (C=O) groups is 2. The van der Waals surface area contributed by atoms with E-state index in [4.69, 9.17) is 15.5 Å². The van der Waals surface area contributed by atoms with E-state index in [1.807, 2.05) is 37.5 Å². The number of ether oxygens (including phenoxy) is 1. The normalized spacial score (nSPS) is 11.4. The molecule has 1 aromatic carbocycles. The third-order valence-corrected chi connectivity index (χ3v) is 7.33. The van der Waals surface area contributed by atoms with Crippen molar-refractivity contribution < 1.29 is 14.3 Å². The molecule has 4 rings (SSSR count). The summed E-state index contributed by atoms with van der Waals surface area (Å²) in [6, 6.07) is 5.65. The molecule has 0 saturated heterocycles. The van der Waals surface area contributed by atoms with Crippen molar-refractivity contribution in [2.45, 2.75) is 66.5 Å². The average molecular weight is 584 g/mol. The number of hydrogen-bond acceptors (Lipinski definition) is 7. The first-order chi connectivity index (χ1) is 20.6. The number of ketones is 1. The van der Waals surface area contributed by atoms with Gasteiger partial charge in [0.25, 0.3) is 0 Å². The lowest BCUT2D eigenvalue weighted by molar-refractivity contribution is -0.120. The Morgan fingerprint density at radius 3 is 2.37 bits per heavy atom. The number of rotatable bonds is 15. The number of nitrogens with two attached hydrogens (primary N) is 1. The number of nitrogens with zero attached hydrogens (tertiary/aromatic N) is 5. The summed E-state index contributed by atoms with van der Waals surface area (Å²) in [4.78, 5) is 37.1. The number of aryl methyl sites for hydroxylation is 2. The maximum Gasteiger partial charge on any atom is 0.219 e. The highest BCUT2D eigenvalue weighted by Gasteiger charge is 2.15. The minimum absolute atomic E-state index is 0.0308. The van der Waals surface area contributed by atoms with Gasteiger partial charge in [-0.1, -0.05) is 37.8 Å². The Balaban J connectivity index is 1.45. The SMILES string of the molecule is C=C(CCCCOc1cc(C(=C)N)cc2nc(C)n(C/C=C/Cn3c(C)nc4cc(C(C)=O)cnc43)c12)CNC(=O)CC. The number of aromatic nitrogens is 5. The fourth-order valence-electron chi connectivity index (χ4n) is 4.86. The molecule has 0 unspecified atom stereocenters. The standard InChI is InChI=1S/C33H41N7O3/c1-7-31(42)35-19-21(2)12-8-11-15-43-30-18-26(22(3)34)16-28-32(30)39(24(5)37-28)13-9-10-14-40-25(6)38-29-17-27(23(4)41)20-36-33(29)40/h9-10,16-18,20H,2-3,7-8,11-15,19,34H2,1,4-6H3,(H,35,42)/b10-9+. The van der Waals surface area contributed by atoms with Crippen LogP contribution < -0.4 is 15.8 Å². The summed E-state index contributed by atoms with van der Waals surface area (Å²) in [6.45, 7) is 17.5. The van der Waals surface area contributed by atoms with Gasteiger partial charge in [0.1, 0.15) is 28.4 Å². The molecule has 0 fully saturated rings. The summed E-state index contributed by atoms with van der Waals surface area (Å²) in [7, 11) is 0. The number of Topliss-reactive ketones (excluding diaryl/α,β-unsaturated/α-hetero) is 1. The number of hydrogen-bond donors (Lipinski definition) is 2. The Morgan fingerprint density at radius 1 is 1.00 bits per heavy atom. The van der Waals surface area contributed by atoms with Gasteiger partial charge in [-0.2, -0.15) is 0 Å². The highest BCUT2D eigenvalue weighted by Crippen LogP contribution is 2.31. The van der Waals surface area contributed by atoms with Crippen LogP contribution in [0.1, 0.15) is 67.1 Å². The summed E-state index contributed by atoms with van der Waals surface area (Å²) in [5, 5.41) is 2.87. The monoisotopic (exact) mass is 583 g/mol. The third kappa shape index (κ3) is 7.57. The fraction of sp³-hybridized carbons (Fsp3) is 0.364. The molecule has 0 saturated carbocycles. The van der Waals surface area contributed by atoms with Crippen molar-refractivity contribution in [3.05, 3.63) is 78.1 Å². The number of nitrogens with one attached hydrogen (secondary N) is 1. The first-order valence-electron chi connectivity index (χ1n) is 14.6. The van der Waals surface area contributed by atoms with Gasteiger partial charge < -0.3 is 24.9 Å². The second kappa shape index (κ2) is 14.0. The Labute approximate surface area is 252 Å². The van der Waals surface area contributed by atoms with Crippen LogP contribution in [0.15, 0.2) is 55.3 Å². The van der Waals surface area contributed by atoms with Gasteiger partial charge in [0.15, 0.2) is 11.4 Å². The number of imidazole rings is 2. The van der Waals surface area contributed by atoms with Crippen molar-refractivity contribution in [2.75, 3.05) is 13.2 Å². The van der Waals surface area contributed by atoms with E-state index in [2.05, 4.69) is 45.2 Å². The van der Waals surface area contributed by atoms with E-state index in [0.29, 0.717) is 55.2 Å². The molecule has 0 aliphatic heterocycles. The van der Waals surface area contributed by atoms with Crippen LogP contribution in [0.5, 0.6) is 5.75 Å². The van der Waals surface area contributed by atoms with Crippen LogP contribution in [0.3, 0.4) is 0 Å². The van der Waals surface area contributed by atoms with Crippen LogP contribution in [-0.2, 0) is 17.9 Å². The molecule has 3 heterocycles. The van der Waals surface area contributed by atoms with Crippen LogP contribution >= 0.6 is 0 Å². The highest BCUT2D eigenvalue weighted by atomic mass is 16.5. The smallest absolute Gasteiger partial charge is 0.219 e. The largest absolute Gasteiger partial charge is 0.491 e. The van der Waals surface area contributed by atoms with Gasteiger partial charge in [0, 0.05) is 49.1 Å². The van der Waals surface area contributed by atoms with E-state index >= 15 is 0 Å². The van der Waals surface area contributed by atoms with Crippen LogP contribution in [-0.4, -0.2) is 48.9 Å². The number of pyridine rings is 1. The van der Waals surface area contributed by atoms with Crippen molar-refractivity contribution in [3.8, 4) is 5.75 Å². The van der Waals surface area contributed by atoms with Crippen LogP contribution in [0.4, 0.5) is 0 Å². The number of fused-ring (bicyclic) bond motifs is 2. The average Bonchev–Trinajstić information content (AvgIpc) is 3.47. The lowest BCUT2D eigenvalue weighted by atomic mass is 10.1. The summed E-state index contributed by atoms with van der Waals surface area (Å²) in [5.74, 6) is 2.40. The summed E-state index contributed by atoms with van der Waals surface area (Å²) in [6.07, 6.45) is 8.80. The number of unbranched alkanes of at least 4 members (excludes halogenated alkanes) is 1.